The number of aryl methyl sites for hydroxylation is 2. The van der Waals surface area contributed by atoms with E-state index < -0.39 is 9.84 Å². The van der Waals surface area contributed by atoms with Crippen molar-refractivity contribution in [3.05, 3.63) is 83.4 Å². The molecular formula is C24H22N2O5S. The van der Waals surface area contributed by atoms with E-state index in [0.29, 0.717) is 16.9 Å². The lowest BCUT2D eigenvalue weighted by Crippen LogP contribution is -2.22. The smallest absolute Gasteiger partial charge is 0.287 e. The lowest BCUT2D eigenvalue weighted by molar-refractivity contribution is 0.0925. The van der Waals surface area contributed by atoms with Crippen LogP contribution in [-0.4, -0.2) is 26.4 Å². The molecular weight excluding hydrogens is 428 g/mol. The fraction of sp³-hybridized carbons (Fsp3) is 0.167. The van der Waals surface area contributed by atoms with Crippen LogP contribution in [0.2, 0.25) is 0 Å². The van der Waals surface area contributed by atoms with Crippen molar-refractivity contribution in [1.82, 2.24) is 10.3 Å². The van der Waals surface area contributed by atoms with Gasteiger partial charge in [0, 0.05) is 18.1 Å². The Bertz CT molecular complexity index is 1370. The van der Waals surface area contributed by atoms with Crippen molar-refractivity contribution in [3.8, 4) is 5.75 Å². The minimum atomic E-state index is -3.69. The first kappa shape index (κ1) is 21.6. The molecule has 0 aliphatic carbocycles. The average Bonchev–Trinajstić information content (AvgIpc) is 3.23. The van der Waals surface area contributed by atoms with Crippen LogP contribution in [0, 0.1) is 13.8 Å². The number of fused-ring (bicyclic) bond motifs is 1. The monoisotopic (exact) mass is 450 g/mol. The Kier molecular flexibility index (Phi) is 5.71. The van der Waals surface area contributed by atoms with Crippen LogP contribution in [0.1, 0.15) is 27.2 Å². The summed E-state index contributed by atoms with van der Waals surface area (Å²) < 4.78 is 37.0. The third kappa shape index (κ3) is 4.09. The summed E-state index contributed by atoms with van der Waals surface area (Å²) >= 11 is 0. The second-order valence-electron chi connectivity index (χ2n) is 7.44. The van der Waals surface area contributed by atoms with Crippen molar-refractivity contribution in [1.29, 1.82) is 0 Å². The number of furan rings is 1. The Balaban J connectivity index is 1.49. The van der Waals surface area contributed by atoms with Crippen LogP contribution < -0.4 is 10.1 Å². The molecule has 0 saturated heterocycles. The Morgan fingerprint density at radius 3 is 2.50 bits per heavy atom. The Morgan fingerprint density at radius 1 is 1.06 bits per heavy atom. The van der Waals surface area contributed by atoms with Crippen molar-refractivity contribution in [2.45, 2.75) is 30.2 Å². The number of nitrogens with one attached hydrogen (secondary N) is 1. The first-order valence-electron chi connectivity index (χ1n) is 9.90. The van der Waals surface area contributed by atoms with Gasteiger partial charge in [-0.25, -0.2) is 8.42 Å². The van der Waals surface area contributed by atoms with Crippen molar-refractivity contribution in [2.24, 2.45) is 0 Å². The summed E-state index contributed by atoms with van der Waals surface area (Å²) in [5, 5.41) is 3.57. The number of hydrogen-bond acceptors (Lipinski definition) is 6. The summed E-state index contributed by atoms with van der Waals surface area (Å²) in [4.78, 5) is 16.8. The van der Waals surface area contributed by atoms with Crippen molar-refractivity contribution in [2.75, 3.05) is 7.11 Å². The molecule has 0 aliphatic heterocycles. The van der Waals surface area contributed by atoms with Gasteiger partial charge < -0.3 is 14.5 Å². The number of methoxy groups -OCH3 is 1. The maximum absolute atomic E-state index is 13.1. The van der Waals surface area contributed by atoms with Crippen LogP contribution in [0.25, 0.3) is 11.0 Å². The number of ether oxygens (including phenoxy) is 1. The lowest BCUT2D eigenvalue weighted by Gasteiger charge is -2.12. The normalized spacial score (nSPS) is 11.5. The zero-order valence-electron chi connectivity index (χ0n) is 17.9. The maximum Gasteiger partial charge on any atom is 0.287 e. The van der Waals surface area contributed by atoms with Gasteiger partial charge in [0.15, 0.2) is 11.3 Å². The van der Waals surface area contributed by atoms with Gasteiger partial charge in [0.2, 0.25) is 9.84 Å². The number of nitrogens with zero attached hydrogens (tertiary/aromatic N) is 1. The minimum absolute atomic E-state index is 0.185. The van der Waals surface area contributed by atoms with E-state index in [1.807, 2.05) is 6.92 Å². The molecule has 1 amide bonds. The summed E-state index contributed by atoms with van der Waals surface area (Å²) in [6.45, 7) is 3.78. The van der Waals surface area contributed by atoms with E-state index >= 15 is 0 Å². The predicted molar refractivity (Wildman–Crippen MR) is 120 cm³/mol. The average molecular weight is 451 g/mol. The fourth-order valence-corrected chi connectivity index (χ4v) is 5.01. The number of pyridine rings is 1. The number of aromatic nitrogens is 1. The molecule has 0 fully saturated rings. The molecule has 0 saturated carbocycles. The molecule has 2 heterocycles. The zero-order valence-corrected chi connectivity index (χ0v) is 18.7. The van der Waals surface area contributed by atoms with E-state index in [0.717, 1.165) is 16.5 Å². The van der Waals surface area contributed by atoms with Crippen LogP contribution in [-0.2, 0) is 16.4 Å². The van der Waals surface area contributed by atoms with E-state index in [1.165, 1.54) is 0 Å². The van der Waals surface area contributed by atoms with Crippen molar-refractivity contribution in [3.63, 3.8) is 0 Å². The van der Waals surface area contributed by atoms with Gasteiger partial charge >= 0.3 is 0 Å². The number of rotatable bonds is 6. The molecule has 0 bridgehead atoms. The second kappa shape index (κ2) is 8.47. The van der Waals surface area contributed by atoms with Crippen LogP contribution in [0.4, 0.5) is 0 Å². The fourth-order valence-electron chi connectivity index (χ4n) is 3.45. The van der Waals surface area contributed by atoms with E-state index in [9.17, 15) is 13.2 Å². The second-order valence-corrected chi connectivity index (χ2v) is 9.36. The molecule has 0 spiro atoms. The van der Waals surface area contributed by atoms with E-state index in [2.05, 4.69) is 10.3 Å². The molecule has 164 valence electrons. The molecule has 4 aromatic rings. The van der Waals surface area contributed by atoms with E-state index in [1.54, 1.807) is 75.0 Å². The first-order chi connectivity index (χ1) is 15.3. The van der Waals surface area contributed by atoms with Gasteiger partial charge in [-0.1, -0.05) is 12.1 Å². The third-order valence-corrected chi connectivity index (χ3v) is 7.13. The summed E-state index contributed by atoms with van der Waals surface area (Å²) in [5.41, 5.74) is 2.66. The van der Waals surface area contributed by atoms with Crippen molar-refractivity contribution < 1.29 is 22.4 Å². The molecule has 0 radical (unpaired) electrons. The number of amides is 1. The van der Waals surface area contributed by atoms with Crippen LogP contribution >= 0.6 is 0 Å². The molecule has 2 aromatic heterocycles. The topological polar surface area (TPSA) is 98.5 Å². The lowest BCUT2D eigenvalue weighted by atomic mass is 10.1. The molecule has 32 heavy (non-hydrogen) atoms. The quantitative estimate of drug-likeness (QED) is 0.472. The summed E-state index contributed by atoms with van der Waals surface area (Å²) in [7, 11) is -2.13. The predicted octanol–water partition coefficient (Wildman–Crippen LogP) is 4.22. The SMILES string of the molecule is COc1cc(C)c(S(=O)(=O)c2ccc(CNC(=O)c3cc4ccncc4o3)cc2)cc1C. The number of sulfone groups is 1. The Labute approximate surface area is 186 Å². The zero-order chi connectivity index (χ0) is 22.9. The highest BCUT2D eigenvalue weighted by Crippen LogP contribution is 2.30. The van der Waals surface area contributed by atoms with Gasteiger partial charge in [0.05, 0.1) is 23.1 Å². The van der Waals surface area contributed by atoms with Gasteiger partial charge in [-0.15, -0.1) is 0 Å². The first-order valence-corrected chi connectivity index (χ1v) is 11.4. The number of hydrogen-bond donors (Lipinski definition) is 1. The van der Waals surface area contributed by atoms with Gasteiger partial charge in [-0.05, 0) is 66.9 Å². The molecule has 8 heteroatoms. The standard InChI is InChI=1S/C24H22N2O5S/c1-15-11-23(16(2)10-20(15)30-3)32(28,29)19-6-4-17(5-7-19)13-26-24(27)21-12-18-8-9-25-14-22(18)31-21/h4-12,14H,13H2,1-3H3,(H,26,27). The van der Waals surface area contributed by atoms with Crippen LogP contribution in [0.5, 0.6) is 5.75 Å². The van der Waals surface area contributed by atoms with Crippen LogP contribution in [0.15, 0.2) is 75.1 Å². The van der Waals surface area contributed by atoms with Gasteiger partial charge in [0.25, 0.3) is 5.91 Å². The molecule has 0 atom stereocenters. The third-order valence-electron chi connectivity index (χ3n) is 5.22. The van der Waals surface area contributed by atoms with Gasteiger partial charge in [-0.3, -0.25) is 9.78 Å². The summed E-state index contributed by atoms with van der Waals surface area (Å²) in [6.07, 6.45) is 3.18. The molecule has 2 aromatic carbocycles. The highest BCUT2D eigenvalue weighted by molar-refractivity contribution is 7.91. The van der Waals surface area contributed by atoms with Gasteiger partial charge in [-0.2, -0.15) is 0 Å². The Hall–Kier alpha value is -3.65. The number of carbonyl (C=O) groups is 1. The number of benzene rings is 2. The van der Waals surface area contributed by atoms with E-state index in [4.69, 9.17) is 9.15 Å². The molecule has 0 unspecified atom stereocenters. The molecule has 0 aliphatic rings. The molecule has 1 N–H and O–H groups in total. The summed E-state index contributed by atoms with van der Waals surface area (Å²) in [5.74, 6) is 0.480. The highest BCUT2D eigenvalue weighted by Gasteiger charge is 2.21. The summed E-state index contributed by atoms with van der Waals surface area (Å²) in [6, 6.07) is 13.2. The largest absolute Gasteiger partial charge is 0.496 e. The van der Waals surface area contributed by atoms with Gasteiger partial charge in [0.1, 0.15) is 5.75 Å². The van der Waals surface area contributed by atoms with Crippen LogP contribution in [0.3, 0.4) is 0 Å². The highest BCUT2D eigenvalue weighted by atomic mass is 32.2. The Morgan fingerprint density at radius 2 is 1.81 bits per heavy atom. The molecule has 7 nitrogen and oxygen atoms in total. The number of carbonyl (C=O) groups excluding carboxylic acids is 1. The minimum Gasteiger partial charge on any atom is -0.496 e. The molecule has 4 rings (SSSR count). The van der Waals surface area contributed by atoms with Crippen molar-refractivity contribution >= 4 is 26.7 Å². The maximum atomic E-state index is 13.1. The van der Waals surface area contributed by atoms with E-state index in [-0.39, 0.29) is 28.0 Å².